The number of allylic oxidation sites excluding steroid dienone is 3. The molecule has 1 fully saturated rings. The first-order chi connectivity index (χ1) is 6.99. The van der Waals surface area contributed by atoms with Crippen LogP contribution >= 0.6 is 0 Å². The van der Waals surface area contributed by atoms with Gasteiger partial charge in [-0.3, -0.25) is 4.79 Å². The van der Waals surface area contributed by atoms with E-state index in [2.05, 4.69) is 20.4 Å². The maximum absolute atomic E-state index is 12.0. The fourth-order valence-corrected chi connectivity index (χ4v) is 2.53. The highest BCUT2D eigenvalue weighted by Gasteiger charge is 2.38. The van der Waals surface area contributed by atoms with Gasteiger partial charge >= 0.3 is 0 Å². The normalized spacial score (nSPS) is 25.8. The van der Waals surface area contributed by atoms with E-state index in [1.807, 2.05) is 13.0 Å². The molecule has 1 aliphatic rings. The standard InChI is InChI=1S/C14H22O/c1-5-6-9-12(15)13-11(2)8-7-10-14(13,3)4/h6,9,13H,2,5,7-8,10H2,1,3-4H3/b9-6+/t13-/m0/s1. The van der Waals surface area contributed by atoms with Crippen LogP contribution in [-0.4, -0.2) is 5.78 Å². The summed E-state index contributed by atoms with van der Waals surface area (Å²) in [7, 11) is 0. The van der Waals surface area contributed by atoms with Crippen molar-refractivity contribution < 1.29 is 4.79 Å². The molecule has 0 heterocycles. The smallest absolute Gasteiger partial charge is 0.162 e. The topological polar surface area (TPSA) is 17.1 Å². The maximum atomic E-state index is 12.0. The molecule has 0 aromatic heterocycles. The summed E-state index contributed by atoms with van der Waals surface area (Å²) in [5.41, 5.74) is 1.21. The van der Waals surface area contributed by atoms with E-state index in [-0.39, 0.29) is 17.1 Å². The number of hydrogen-bond acceptors (Lipinski definition) is 1. The van der Waals surface area contributed by atoms with E-state index in [0.717, 1.165) is 24.8 Å². The molecule has 1 aliphatic carbocycles. The van der Waals surface area contributed by atoms with Crippen molar-refractivity contribution in [1.82, 2.24) is 0 Å². The minimum atomic E-state index is 0.0362. The monoisotopic (exact) mass is 206 g/mol. The predicted molar refractivity (Wildman–Crippen MR) is 64.7 cm³/mol. The van der Waals surface area contributed by atoms with Gasteiger partial charge in [0.2, 0.25) is 0 Å². The van der Waals surface area contributed by atoms with Crippen molar-refractivity contribution in [3.05, 3.63) is 24.3 Å². The Kier molecular flexibility index (Phi) is 3.90. The zero-order valence-corrected chi connectivity index (χ0v) is 10.2. The summed E-state index contributed by atoms with van der Waals surface area (Å²) >= 11 is 0. The lowest BCUT2D eigenvalue weighted by Crippen LogP contribution is -2.34. The summed E-state index contributed by atoms with van der Waals surface area (Å²) in [6.07, 6.45) is 7.92. The van der Waals surface area contributed by atoms with Gasteiger partial charge in [0.25, 0.3) is 0 Å². The van der Waals surface area contributed by atoms with Gasteiger partial charge in [0.05, 0.1) is 0 Å². The third kappa shape index (κ3) is 2.80. The summed E-state index contributed by atoms with van der Waals surface area (Å²) in [5, 5.41) is 0. The summed E-state index contributed by atoms with van der Waals surface area (Å²) in [6, 6.07) is 0. The van der Waals surface area contributed by atoms with Crippen molar-refractivity contribution in [3.63, 3.8) is 0 Å². The molecule has 0 aromatic rings. The van der Waals surface area contributed by atoms with Crippen molar-refractivity contribution in [2.75, 3.05) is 0 Å². The highest BCUT2D eigenvalue weighted by atomic mass is 16.1. The molecule has 0 bridgehead atoms. The third-order valence-electron chi connectivity index (χ3n) is 3.31. The van der Waals surface area contributed by atoms with Gasteiger partial charge in [0.1, 0.15) is 0 Å². The Labute approximate surface area is 93.3 Å². The highest BCUT2D eigenvalue weighted by molar-refractivity contribution is 5.94. The first-order valence-corrected chi connectivity index (χ1v) is 5.87. The van der Waals surface area contributed by atoms with Crippen LogP contribution in [0.1, 0.15) is 46.5 Å². The Morgan fingerprint density at radius 2 is 2.27 bits per heavy atom. The lowest BCUT2D eigenvalue weighted by atomic mass is 9.65. The molecule has 1 nitrogen and oxygen atoms in total. The summed E-state index contributed by atoms with van der Waals surface area (Å²) in [5.74, 6) is 0.278. The molecule has 15 heavy (non-hydrogen) atoms. The van der Waals surface area contributed by atoms with Crippen LogP contribution in [0.5, 0.6) is 0 Å². The second-order valence-electron chi connectivity index (χ2n) is 5.15. The first-order valence-electron chi connectivity index (χ1n) is 5.87. The lowest BCUT2D eigenvalue weighted by Gasteiger charge is -2.38. The second-order valence-corrected chi connectivity index (χ2v) is 5.15. The van der Waals surface area contributed by atoms with Gasteiger partial charge in [0.15, 0.2) is 5.78 Å². The van der Waals surface area contributed by atoms with Crippen LogP contribution in [0.4, 0.5) is 0 Å². The van der Waals surface area contributed by atoms with E-state index in [1.165, 1.54) is 6.42 Å². The van der Waals surface area contributed by atoms with Gasteiger partial charge in [-0.2, -0.15) is 0 Å². The van der Waals surface area contributed by atoms with Gasteiger partial charge in [0, 0.05) is 5.92 Å². The van der Waals surface area contributed by atoms with E-state index < -0.39 is 0 Å². The highest BCUT2D eigenvalue weighted by Crippen LogP contribution is 2.43. The average molecular weight is 206 g/mol. The van der Waals surface area contributed by atoms with Crippen LogP contribution in [0.3, 0.4) is 0 Å². The fraction of sp³-hybridized carbons (Fsp3) is 0.643. The molecular formula is C14H22O. The number of carbonyl (C=O) groups is 1. The van der Waals surface area contributed by atoms with Crippen LogP contribution in [-0.2, 0) is 4.79 Å². The van der Waals surface area contributed by atoms with Gasteiger partial charge < -0.3 is 0 Å². The van der Waals surface area contributed by atoms with E-state index in [9.17, 15) is 4.79 Å². The van der Waals surface area contributed by atoms with Crippen LogP contribution in [0.15, 0.2) is 24.3 Å². The molecule has 0 aliphatic heterocycles. The fourth-order valence-electron chi connectivity index (χ4n) is 2.53. The molecule has 0 aromatic carbocycles. The Bertz CT molecular complexity index is 284. The molecule has 1 heteroatoms. The zero-order valence-electron chi connectivity index (χ0n) is 10.2. The lowest BCUT2D eigenvalue weighted by molar-refractivity contribution is -0.120. The molecule has 84 valence electrons. The molecule has 0 N–H and O–H groups in total. The average Bonchev–Trinajstić information content (AvgIpc) is 2.13. The maximum Gasteiger partial charge on any atom is 0.162 e. The molecular weight excluding hydrogens is 184 g/mol. The molecule has 0 radical (unpaired) electrons. The third-order valence-corrected chi connectivity index (χ3v) is 3.31. The summed E-state index contributed by atoms with van der Waals surface area (Å²) < 4.78 is 0. The number of rotatable bonds is 3. The minimum Gasteiger partial charge on any atom is -0.294 e. The quantitative estimate of drug-likeness (QED) is 0.505. The number of hydrogen-bond donors (Lipinski definition) is 0. The van der Waals surface area contributed by atoms with Crippen molar-refractivity contribution in [2.45, 2.75) is 46.5 Å². The Morgan fingerprint density at radius 3 is 2.80 bits per heavy atom. The Hall–Kier alpha value is -0.850. The van der Waals surface area contributed by atoms with Crippen molar-refractivity contribution in [3.8, 4) is 0 Å². The van der Waals surface area contributed by atoms with Gasteiger partial charge in [-0.05, 0) is 37.2 Å². The van der Waals surface area contributed by atoms with Crippen LogP contribution in [0.2, 0.25) is 0 Å². The molecule has 0 saturated heterocycles. The van der Waals surface area contributed by atoms with Crippen molar-refractivity contribution in [2.24, 2.45) is 11.3 Å². The molecule has 1 rings (SSSR count). The summed E-state index contributed by atoms with van der Waals surface area (Å²) in [4.78, 5) is 12.0. The molecule has 0 spiro atoms. The van der Waals surface area contributed by atoms with E-state index >= 15 is 0 Å². The van der Waals surface area contributed by atoms with Gasteiger partial charge in [-0.25, -0.2) is 0 Å². The molecule has 1 atom stereocenters. The van der Waals surface area contributed by atoms with E-state index in [1.54, 1.807) is 6.08 Å². The second kappa shape index (κ2) is 4.78. The van der Waals surface area contributed by atoms with Gasteiger partial charge in [-0.1, -0.05) is 39.0 Å². The minimum absolute atomic E-state index is 0.0362. The molecule has 1 saturated carbocycles. The Morgan fingerprint density at radius 1 is 1.60 bits per heavy atom. The SMILES string of the molecule is C=C1CCCC(C)(C)[C@@H]1C(=O)/C=C/CC. The van der Waals surface area contributed by atoms with Crippen LogP contribution in [0.25, 0.3) is 0 Å². The Balaban J connectivity index is 2.83. The van der Waals surface area contributed by atoms with Gasteiger partial charge in [-0.15, -0.1) is 0 Å². The predicted octanol–water partition coefficient (Wildman–Crippen LogP) is 3.90. The molecule has 0 amide bonds. The van der Waals surface area contributed by atoms with E-state index in [4.69, 9.17) is 0 Å². The number of ketones is 1. The van der Waals surface area contributed by atoms with Crippen LogP contribution < -0.4 is 0 Å². The van der Waals surface area contributed by atoms with Crippen LogP contribution in [0, 0.1) is 11.3 Å². The number of carbonyl (C=O) groups excluding carboxylic acids is 1. The summed E-state index contributed by atoms with van der Waals surface area (Å²) in [6.45, 7) is 10.5. The first kappa shape index (κ1) is 12.2. The molecule has 0 unspecified atom stereocenters. The van der Waals surface area contributed by atoms with Crippen molar-refractivity contribution >= 4 is 5.78 Å². The largest absolute Gasteiger partial charge is 0.294 e. The zero-order chi connectivity index (χ0) is 11.5. The van der Waals surface area contributed by atoms with Crippen molar-refractivity contribution in [1.29, 1.82) is 0 Å². The van der Waals surface area contributed by atoms with E-state index in [0.29, 0.717) is 0 Å².